The van der Waals surface area contributed by atoms with E-state index in [1.807, 2.05) is 0 Å². The Kier molecular flexibility index (Phi) is 4.18. The third kappa shape index (κ3) is 2.67. The van der Waals surface area contributed by atoms with Gasteiger partial charge in [0.15, 0.2) is 0 Å². The molecule has 0 aromatic rings. The van der Waals surface area contributed by atoms with E-state index >= 15 is 0 Å². The molecule has 2 atom stereocenters. The maximum atomic E-state index is 11.4. The standard InChI is InChI=1S/C9H18N2O2/c1-10-9(12)7-4-3-5-8(7)11-6-13-2/h7-8,11H,3-6H2,1-2H3,(H,10,12)/t7-,8+/m0/s1. The molecule has 1 aliphatic carbocycles. The second-order valence-electron chi connectivity index (χ2n) is 3.40. The van der Waals surface area contributed by atoms with Crippen molar-refractivity contribution in [3.8, 4) is 0 Å². The van der Waals surface area contributed by atoms with E-state index in [0.717, 1.165) is 19.3 Å². The van der Waals surface area contributed by atoms with Crippen LogP contribution in [0.4, 0.5) is 0 Å². The third-order valence-electron chi connectivity index (χ3n) is 2.59. The van der Waals surface area contributed by atoms with Crippen molar-refractivity contribution in [3.63, 3.8) is 0 Å². The molecule has 1 amide bonds. The van der Waals surface area contributed by atoms with Crippen LogP contribution in [-0.2, 0) is 9.53 Å². The molecule has 1 saturated carbocycles. The summed E-state index contributed by atoms with van der Waals surface area (Å²) in [6.45, 7) is 0.526. The van der Waals surface area contributed by atoms with E-state index in [1.165, 1.54) is 0 Å². The zero-order valence-electron chi connectivity index (χ0n) is 8.30. The molecule has 76 valence electrons. The Bertz CT molecular complexity index is 173. The van der Waals surface area contributed by atoms with Crippen molar-refractivity contribution in [2.45, 2.75) is 25.3 Å². The predicted octanol–water partition coefficient (Wildman–Crippen LogP) is 0.0946. The monoisotopic (exact) mass is 186 g/mol. The van der Waals surface area contributed by atoms with Crippen LogP contribution in [0.3, 0.4) is 0 Å². The number of hydrogen-bond acceptors (Lipinski definition) is 3. The first-order valence-corrected chi connectivity index (χ1v) is 4.73. The van der Waals surface area contributed by atoms with Crippen molar-refractivity contribution in [1.29, 1.82) is 0 Å². The summed E-state index contributed by atoms with van der Waals surface area (Å²) in [6, 6.07) is 0.292. The molecule has 4 nitrogen and oxygen atoms in total. The van der Waals surface area contributed by atoms with Gasteiger partial charge < -0.3 is 10.1 Å². The van der Waals surface area contributed by atoms with Crippen molar-refractivity contribution in [1.82, 2.24) is 10.6 Å². The lowest BCUT2D eigenvalue weighted by molar-refractivity contribution is -0.125. The summed E-state index contributed by atoms with van der Waals surface area (Å²) in [5.74, 6) is 0.270. The van der Waals surface area contributed by atoms with Crippen LogP contribution in [0.15, 0.2) is 0 Å². The van der Waals surface area contributed by atoms with Gasteiger partial charge in [-0.25, -0.2) is 0 Å². The van der Waals surface area contributed by atoms with Crippen LogP contribution < -0.4 is 10.6 Å². The van der Waals surface area contributed by atoms with Gasteiger partial charge >= 0.3 is 0 Å². The van der Waals surface area contributed by atoms with Gasteiger partial charge in [-0.15, -0.1) is 0 Å². The third-order valence-corrected chi connectivity index (χ3v) is 2.59. The fraction of sp³-hybridized carbons (Fsp3) is 0.889. The van der Waals surface area contributed by atoms with Crippen molar-refractivity contribution in [3.05, 3.63) is 0 Å². The molecule has 0 unspecified atom stereocenters. The molecule has 1 fully saturated rings. The molecular weight excluding hydrogens is 168 g/mol. The zero-order chi connectivity index (χ0) is 9.68. The lowest BCUT2D eigenvalue weighted by atomic mass is 10.0. The highest BCUT2D eigenvalue weighted by molar-refractivity contribution is 5.79. The minimum Gasteiger partial charge on any atom is -0.370 e. The SMILES string of the molecule is CNC(=O)[C@H]1CCC[C@H]1NCOC. The number of carbonyl (C=O) groups excluding carboxylic acids is 1. The molecule has 4 heteroatoms. The Balaban J connectivity index is 2.39. The number of ether oxygens (including phenoxy) is 1. The van der Waals surface area contributed by atoms with Gasteiger partial charge in [0.2, 0.25) is 5.91 Å². The van der Waals surface area contributed by atoms with Gasteiger partial charge in [0, 0.05) is 20.2 Å². The van der Waals surface area contributed by atoms with Gasteiger partial charge in [0.25, 0.3) is 0 Å². The molecule has 13 heavy (non-hydrogen) atoms. The van der Waals surface area contributed by atoms with E-state index in [9.17, 15) is 4.79 Å². The van der Waals surface area contributed by atoms with Crippen LogP contribution in [0, 0.1) is 5.92 Å². The molecule has 0 radical (unpaired) electrons. The van der Waals surface area contributed by atoms with Crippen LogP contribution >= 0.6 is 0 Å². The van der Waals surface area contributed by atoms with Gasteiger partial charge in [0.05, 0.1) is 12.6 Å². The van der Waals surface area contributed by atoms with Crippen LogP contribution in [0.5, 0.6) is 0 Å². The van der Waals surface area contributed by atoms with Crippen LogP contribution in [0.1, 0.15) is 19.3 Å². The normalized spacial score (nSPS) is 27.5. The van der Waals surface area contributed by atoms with Gasteiger partial charge in [-0.1, -0.05) is 6.42 Å². The molecule has 1 rings (SSSR count). The topological polar surface area (TPSA) is 50.4 Å². The van der Waals surface area contributed by atoms with E-state index in [2.05, 4.69) is 10.6 Å². The Morgan fingerprint density at radius 2 is 2.31 bits per heavy atom. The summed E-state index contributed by atoms with van der Waals surface area (Å²) in [7, 11) is 3.34. The van der Waals surface area contributed by atoms with E-state index in [0.29, 0.717) is 12.8 Å². The quantitative estimate of drug-likeness (QED) is 0.612. The van der Waals surface area contributed by atoms with Gasteiger partial charge in [0.1, 0.15) is 0 Å². The Morgan fingerprint density at radius 1 is 1.54 bits per heavy atom. The van der Waals surface area contributed by atoms with E-state index in [4.69, 9.17) is 4.74 Å². The minimum absolute atomic E-state index is 0.125. The fourth-order valence-corrected chi connectivity index (χ4v) is 1.89. The summed E-state index contributed by atoms with van der Waals surface area (Å²) in [5, 5.41) is 5.91. The largest absolute Gasteiger partial charge is 0.370 e. The minimum atomic E-state index is 0.125. The highest BCUT2D eigenvalue weighted by Crippen LogP contribution is 2.25. The summed E-state index contributed by atoms with van der Waals surface area (Å²) >= 11 is 0. The average Bonchev–Trinajstić information content (AvgIpc) is 2.61. The summed E-state index contributed by atoms with van der Waals surface area (Å²) < 4.78 is 4.92. The van der Waals surface area contributed by atoms with Gasteiger partial charge in [-0.3, -0.25) is 10.1 Å². The highest BCUT2D eigenvalue weighted by atomic mass is 16.5. The Morgan fingerprint density at radius 3 is 2.92 bits per heavy atom. The summed E-state index contributed by atoms with van der Waals surface area (Å²) in [5.41, 5.74) is 0. The maximum Gasteiger partial charge on any atom is 0.224 e. The first kappa shape index (κ1) is 10.5. The molecule has 0 aromatic carbocycles. The molecule has 0 aliphatic heterocycles. The first-order chi connectivity index (χ1) is 6.29. The van der Waals surface area contributed by atoms with Gasteiger partial charge in [-0.2, -0.15) is 0 Å². The lowest BCUT2D eigenvalue weighted by Gasteiger charge is -2.18. The molecular formula is C9H18N2O2. The van der Waals surface area contributed by atoms with E-state index in [1.54, 1.807) is 14.2 Å². The number of amides is 1. The number of methoxy groups -OCH3 is 1. The number of nitrogens with one attached hydrogen (secondary N) is 2. The van der Waals surface area contributed by atoms with Crippen molar-refractivity contribution < 1.29 is 9.53 Å². The van der Waals surface area contributed by atoms with E-state index < -0.39 is 0 Å². The molecule has 0 heterocycles. The first-order valence-electron chi connectivity index (χ1n) is 4.73. The lowest BCUT2D eigenvalue weighted by Crippen LogP contribution is -2.41. The predicted molar refractivity (Wildman–Crippen MR) is 50.2 cm³/mol. The smallest absolute Gasteiger partial charge is 0.224 e. The highest BCUT2D eigenvalue weighted by Gasteiger charge is 2.31. The number of hydrogen-bond donors (Lipinski definition) is 2. The average molecular weight is 186 g/mol. The molecule has 0 bridgehead atoms. The maximum absolute atomic E-state index is 11.4. The molecule has 2 N–H and O–H groups in total. The number of rotatable bonds is 4. The molecule has 0 saturated heterocycles. The summed E-state index contributed by atoms with van der Waals surface area (Å²) in [6.07, 6.45) is 3.18. The van der Waals surface area contributed by atoms with Crippen molar-refractivity contribution >= 4 is 5.91 Å². The summed E-state index contributed by atoms with van der Waals surface area (Å²) in [4.78, 5) is 11.4. The Hall–Kier alpha value is -0.610. The van der Waals surface area contributed by atoms with E-state index in [-0.39, 0.29) is 11.8 Å². The van der Waals surface area contributed by atoms with Crippen LogP contribution in [-0.4, -0.2) is 32.8 Å². The fourth-order valence-electron chi connectivity index (χ4n) is 1.89. The second kappa shape index (κ2) is 5.19. The molecule has 0 aromatic heterocycles. The van der Waals surface area contributed by atoms with Crippen molar-refractivity contribution in [2.24, 2.45) is 5.92 Å². The van der Waals surface area contributed by atoms with Gasteiger partial charge in [-0.05, 0) is 12.8 Å². The van der Waals surface area contributed by atoms with Crippen LogP contribution in [0.25, 0.3) is 0 Å². The van der Waals surface area contributed by atoms with Crippen LogP contribution in [0.2, 0.25) is 0 Å². The molecule has 0 spiro atoms. The molecule has 1 aliphatic rings. The Labute approximate surface area is 79.0 Å². The number of carbonyl (C=O) groups is 1. The van der Waals surface area contributed by atoms with Crippen molar-refractivity contribution in [2.75, 3.05) is 20.9 Å². The second-order valence-corrected chi connectivity index (χ2v) is 3.40. The zero-order valence-corrected chi connectivity index (χ0v) is 8.30.